The Morgan fingerprint density at radius 2 is 2.23 bits per heavy atom. The van der Waals surface area contributed by atoms with Gasteiger partial charge in [0, 0.05) is 12.3 Å². The Labute approximate surface area is 78.9 Å². The summed E-state index contributed by atoms with van der Waals surface area (Å²) in [7, 11) is -1.63. The van der Waals surface area contributed by atoms with E-state index in [0.29, 0.717) is 16.1 Å². The van der Waals surface area contributed by atoms with Crippen molar-refractivity contribution in [1.29, 1.82) is 0 Å². The Bertz CT molecular complexity index is 442. The van der Waals surface area contributed by atoms with E-state index in [2.05, 4.69) is 4.98 Å². The summed E-state index contributed by atoms with van der Waals surface area (Å²) in [4.78, 5) is 3.94. The van der Waals surface area contributed by atoms with Gasteiger partial charge in [-0.2, -0.15) is 0 Å². The summed E-state index contributed by atoms with van der Waals surface area (Å²) >= 11 is 5.78. The second-order valence-electron chi connectivity index (χ2n) is 2.53. The first-order valence-corrected chi connectivity index (χ1v) is 3.96. The molecule has 2 aromatic rings. The highest BCUT2D eigenvalue weighted by Crippen LogP contribution is 2.20. The molecule has 0 aromatic carbocycles. The fraction of sp³-hybridized carbons (Fsp3) is 0. The highest BCUT2D eigenvalue weighted by Gasteiger charge is 2.18. The van der Waals surface area contributed by atoms with Crippen LogP contribution in [0.15, 0.2) is 22.7 Å². The molecule has 0 unspecified atom stereocenters. The summed E-state index contributed by atoms with van der Waals surface area (Å²) in [6, 6.07) is 3.01. The predicted molar refractivity (Wildman–Crippen MR) is 48.8 cm³/mol. The van der Waals surface area contributed by atoms with Gasteiger partial charge in [0.05, 0.1) is 5.02 Å². The molecule has 0 radical (unpaired) electrons. The molecule has 0 aliphatic carbocycles. The van der Waals surface area contributed by atoms with E-state index in [0.717, 1.165) is 0 Å². The van der Waals surface area contributed by atoms with Crippen LogP contribution < -0.4 is 5.66 Å². The Morgan fingerprint density at radius 3 is 2.85 bits per heavy atom. The number of aromatic nitrogens is 1. The van der Waals surface area contributed by atoms with Gasteiger partial charge in [-0.05, 0) is 6.07 Å². The lowest BCUT2D eigenvalue weighted by Crippen LogP contribution is -2.27. The first-order valence-electron chi connectivity index (χ1n) is 3.58. The second kappa shape index (κ2) is 3.03. The molecule has 0 aliphatic rings. The Balaban J connectivity index is 2.68. The van der Waals surface area contributed by atoms with Gasteiger partial charge < -0.3 is 14.5 Å². The fourth-order valence-corrected chi connectivity index (χ4v) is 1.24. The van der Waals surface area contributed by atoms with Crippen LogP contribution in [-0.4, -0.2) is 22.2 Å². The number of halogens is 1. The van der Waals surface area contributed by atoms with Crippen LogP contribution in [0.4, 0.5) is 0 Å². The SMILES string of the molecule is OB(O)c1cc2nccc(Cl)c2o1. The Hall–Kier alpha value is -1.04. The molecule has 0 atom stereocenters. The van der Waals surface area contributed by atoms with Crippen molar-refractivity contribution in [1.82, 2.24) is 4.98 Å². The van der Waals surface area contributed by atoms with Gasteiger partial charge in [-0.3, -0.25) is 4.98 Å². The van der Waals surface area contributed by atoms with Gasteiger partial charge in [0.2, 0.25) is 0 Å². The average Bonchev–Trinajstić information content (AvgIpc) is 2.49. The van der Waals surface area contributed by atoms with E-state index in [1.807, 2.05) is 0 Å². The largest absolute Gasteiger partial charge is 0.526 e. The van der Waals surface area contributed by atoms with Crippen molar-refractivity contribution in [2.24, 2.45) is 0 Å². The molecular weight excluding hydrogens is 192 g/mol. The van der Waals surface area contributed by atoms with Crippen LogP contribution in [0.25, 0.3) is 11.1 Å². The average molecular weight is 197 g/mol. The zero-order valence-corrected chi connectivity index (χ0v) is 7.19. The smallest absolute Gasteiger partial charge is 0.461 e. The minimum Gasteiger partial charge on any atom is -0.461 e. The monoisotopic (exact) mass is 197 g/mol. The van der Waals surface area contributed by atoms with Gasteiger partial charge in [0.25, 0.3) is 0 Å². The van der Waals surface area contributed by atoms with Gasteiger partial charge in [-0.25, -0.2) is 0 Å². The molecule has 0 bridgehead atoms. The predicted octanol–water partition coefficient (Wildman–Crippen LogP) is 0.161. The third kappa shape index (κ3) is 1.41. The summed E-state index contributed by atoms with van der Waals surface area (Å²) < 4.78 is 5.07. The minimum absolute atomic E-state index is 0.0376. The van der Waals surface area contributed by atoms with E-state index in [4.69, 9.17) is 26.1 Å². The van der Waals surface area contributed by atoms with Crippen molar-refractivity contribution in [3.05, 3.63) is 23.4 Å². The van der Waals surface area contributed by atoms with Gasteiger partial charge in [0.15, 0.2) is 5.58 Å². The van der Waals surface area contributed by atoms with Gasteiger partial charge in [0.1, 0.15) is 11.2 Å². The van der Waals surface area contributed by atoms with Crippen LogP contribution in [0.2, 0.25) is 5.02 Å². The molecule has 2 aromatic heterocycles. The Morgan fingerprint density at radius 1 is 1.46 bits per heavy atom. The van der Waals surface area contributed by atoms with Gasteiger partial charge in [-0.1, -0.05) is 11.6 Å². The van der Waals surface area contributed by atoms with Crippen LogP contribution in [-0.2, 0) is 0 Å². The highest BCUT2D eigenvalue weighted by molar-refractivity contribution is 6.57. The van der Waals surface area contributed by atoms with Crippen LogP contribution in [0.5, 0.6) is 0 Å². The first kappa shape index (κ1) is 8.56. The van der Waals surface area contributed by atoms with Crippen LogP contribution in [0.1, 0.15) is 0 Å². The lowest BCUT2D eigenvalue weighted by molar-refractivity contribution is 0.412. The summed E-state index contributed by atoms with van der Waals surface area (Å²) in [6.45, 7) is 0. The maximum Gasteiger partial charge on any atom is 0.526 e. The molecule has 4 nitrogen and oxygen atoms in total. The van der Waals surface area contributed by atoms with Crippen molar-refractivity contribution >= 4 is 35.5 Å². The summed E-state index contributed by atoms with van der Waals surface area (Å²) in [5, 5.41) is 18.0. The van der Waals surface area contributed by atoms with E-state index in [1.165, 1.54) is 12.3 Å². The maximum atomic E-state index is 8.81. The minimum atomic E-state index is -1.63. The van der Waals surface area contributed by atoms with E-state index in [-0.39, 0.29) is 5.66 Å². The third-order valence-electron chi connectivity index (χ3n) is 1.64. The molecule has 13 heavy (non-hydrogen) atoms. The van der Waals surface area contributed by atoms with E-state index < -0.39 is 7.12 Å². The second-order valence-corrected chi connectivity index (χ2v) is 2.94. The fourth-order valence-electron chi connectivity index (χ4n) is 1.05. The molecule has 0 aliphatic heterocycles. The number of rotatable bonds is 1. The summed E-state index contributed by atoms with van der Waals surface area (Å²) in [6.07, 6.45) is 1.52. The molecule has 2 rings (SSSR count). The molecule has 0 saturated carbocycles. The molecule has 0 amide bonds. The maximum absolute atomic E-state index is 8.81. The van der Waals surface area contributed by atoms with Crippen molar-refractivity contribution in [2.45, 2.75) is 0 Å². The Kier molecular flexibility index (Phi) is 1.99. The third-order valence-corrected chi connectivity index (χ3v) is 1.94. The van der Waals surface area contributed by atoms with Gasteiger partial charge >= 0.3 is 7.12 Å². The number of hydrogen-bond donors (Lipinski definition) is 2. The molecule has 0 fully saturated rings. The summed E-state index contributed by atoms with van der Waals surface area (Å²) in [5.41, 5.74) is 0.915. The number of nitrogens with zero attached hydrogens (tertiary/aromatic N) is 1. The van der Waals surface area contributed by atoms with Crippen molar-refractivity contribution in [2.75, 3.05) is 0 Å². The van der Waals surface area contributed by atoms with Crippen LogP contribution >= 0.6 is 11.6 Å². The topological polar surface area (TPSA) is 66.5 Å². The normalized spacial score (nSPS) is 10.7. The number of pyridine rings is 1. The van der Waals surface area contributed by atoms with Gasteiger partial charge in [-0.15, -0.1) is 0 Å². The standard InChI is InChI=1S/C7H5BClNO3/c9-4-1-2-10-5-3-6(8(11)12)13-7(4)5/h1-3,11-12H. The molecular formula is C7H5BClNO3. The summed E-state index contributed by atoms with van der Waals surface area (Å²) in [5.74, 6) is 0. The highest BCUT2D eigenvalue weighted by atomic mass is 35.5. The molecule has 0 spiro atoms. The van der Waals surface area contributed by atoms with Crippen molar-refractivity contribution in [3.63, 3.8) is 0 Å². The molecule has 6 heteroatoms. The van der Waals surface area contributed by atoms with Crippen molar-refractivity contribution in [3.8, 4) is 0 Å². The van der Waals surface area contributed by atoms with E-state index in [1.54, 1.807) is 6.07 Å². The lowest BCUT2D eigenvalue weighted by atomic mass is 9.88. The molecule has 2 heterocycles. The molecule has 2 N–H and O–H groups in total. The lowest BCUT2D eigenvalue weighted by Gasteiger charge is -1.90. The first-order chi connectivity index (χ1) is 6.18. The zero-order chi connectivity index (χ0) is 9.42. The van der Waals surface area contributed by atoms with Crippen LogP contribution in [0.3, 0.4) is 0 Å². The zero-order valence-electron chi connectivity index (χ0n) is 6.44. The van der Waals surface area contributed by atoms with Crippen LogP contribution in [0, 0.1) is 0 Å². The van der Waals surface area contributed by atoms with E-state index >= 15 is 0 Å². The molecule has 0 saturated heterocycles. The number of hydrogen-bond acceptors (Lipinski definition) is 4. The quantitative estimate of drug-likeness (QED) is 0.639. The number of fused-ring (bicyclic) bond motifs is 1. The number of furan rings is 1. The molecule has 66 valence electrons. The van der Waals surface area contributed by atoms with E-state index in [9.17, 15) is 0 Å². The van der Waals surface area contributed by atoms with Crippen molar-refractivity contribution < 1.29 is 14.5 Å².